The molecule has 0 spiro atoms. The molecule has 2 heterocycles. The number of nitrogens with zero attached hydrogens (tertiary/aromatic N) is 2. The van der Waals surface area contributed by atoms with Gasteiger partial charge >= 0.3 is 0 Å². The fraction of sp³-hybridized carbons (Fsp3) is 0.500. The summed E-state index contributed by atoms with van der Waals surface area (Å²) in [5.74, 6) is 0.296. The van der Waals surface area contributed by atoms with Crippen LogP contribution in [-0.4, -0.2) is 40.8 Å². The smallest absolute Gasteiger partial charge is 0.245 e. The Balaban J connectivity index is 1.62. The van der Waals surface area contributed by atoms with E-state index in [9.17, 15) is 9.59 Å². The number of benzene rings is 1. The molecule has 172 valence electrons. The molecule has 2 aromatic rings. The van der Waals surface area contributed by atoms with E-state index in [1.807, 2.05) is 43.0 Å². The third-order valence-corrected chi connectivity index (χ3v) is 6.70. The monoisotopic (exact) mass is 455 g/mol. The second-order valence-corrected chi connectivity index (χ2v) is 10.2. The molecular formula is C26H34ClN3O2. The predicted molar refractivity (Wildman–Crippen MR) is 128 cm³/mol. The first kappa shape index (κ1) is 24.2. The van der Waals surface area contributed by atoms with Gasteiger partial charge in [0.2, 0.25) is 11.8 Å². The van der Waals surface area contributed by atoms with Crippen molar-refractivity contribution >= 4 is 23.4 Å². The van der Waals surface area contributed by atoms with Gasteiger partial charge in [0.1, 0.15) is 6.04 Å². The number of aromatic nitrogens is 1. The van der Waals surface area contributed by atoms with Gasteiger partial charge in [-0.1, -0.05) is 51.4 Å². The zero-order valence-electron chi connectivity index (χ0n) is 19.5. The average Bonchev–Trinajstić information content (AvgIpc) is 2.76. The lowest BCUT2D eigenvalue weighted by molar-refractivity contribution is -0.140. The summed E-state index contributed by atoms with van der Waals surface area (Å²) < 4.78 is 0. The van der Waals surface area contributed by atoms with Crippen LogP contribution in [0.2, 0.25) is 5.02 Å². The lowest BCUT2D eigenvalue weighted by atomic mass is 9.70. The fourth-order valence-corrected chi connectivity index (χ4v) is 4.75. The minimum absolute atomic E-state index is 0.0138. The molecule has 6 heteroatoms. The van der Waals surface area contributed by atoms with Gasteiger partial charge in [0.15, 0.2) is 0 Å². The van der Waals surface area contributed by atoms with Crippen LogP contribution < -0.4 is 5.32 Å². The number of piperidine rings is 1. The minimum Gasteiger partial charge on any atom is -0.344 e. The summed E-state index contributed by atoms with van der Waals surface area (Å²) >= 11 is 6.06. The number of halogens is 1. The number of rotatable bonds is 7. The molecule has 5 nitrogen and oxygen atoms in total. The van der Waals surface area contributed by atoms with Gasteiger partial charge in [-0.15, -0.1) is 0 Å². The number of amides is 2. The lowest BCUT2D eigenvalue weighted by Gasteiger charge is -2.45. The van der Waals surface area contributed by atoms with Crippen LogP contribution in [0.5, 0.6) is 0 Å². The van der Waals surface area contributed by atoms with E-state index in [0.717, 1.165) is 17.0 Å². The molecule has 1 aliphatic heterocycles. The summed E-state index contributed by atoms with van der Waals surface area (Å²) in [6.07, 6.45) is 5.32. The quantitative estimate of drug-likeness (QED) is 0.649. The highest BCUT2D eigenvalue weighted by atomic mass is 35.5. The predicted octanol–water partition coefficient (Wildman–Crippen LogP) is 4.85. The van der Waals surface area contributed by atoms with E-state index in [2.05, 4.69) is 36.3 Å². The summed E-state index contributed by atoms with van der Waals surface area (Å²) in [5.41, 5.74) is 2.25. The lowest BCUT2D eigenvalue weighted by Crippen LogP contribution is -2.55. The number of pyridine rings is 1. The maximum Gasteiger partial charge on any atom is 0.245 e. The van der Waals surface area contributed by atoms with Crippen molar-refractivity contribution in [2.24, 2.45) is 11.3 Å². The largest absolute Gasteiger partial charge is 0.344 e. The van der Waals surface area contributed by atoms with Crippen molar-refractivity contribution in [3.63, 3.8) is 0 Å². The van der Waals surface area contributed by atoms with Crippen LogP contribution >= 0.6 is 11.6 Å². The highest BCUT2D eigenvalue weighted by molar-refractivity contribution is 6.30. The summed E-state index contributed by atoms with van der Waals surface area (Å²) in [6.45, 7) is 9.74. The third kappa shape index (κ3) is 6.10. The van der Waals surface area contributed by atoms with Gasteiger partial charge in [-0.05, 0) is 65.5 Å². The van der Waals surface area contributed by atoms with E-state index in [1.165, 1.54) is 5.56 Å². The molecule has 3 rings (SSSR count). The van der Waals surface area contributed by atoms with Crippen molar-refractivity contribution in [2.75, 3.05) is 13.1 Å². The standard InChI is InChI=1S/C26H34ClN3O2/c1-18(2)24(29-23(31)10-5-19-11-14-28-15-12-19)25(32)30-16-13-22(26(3,4)17-30)20-6-8-21(27)9-7-20/h6-9,11-12,14-15,18,22,24H,5,10,13,16-17H2,1-4H3,(H,29,31)/t22?,24-/m1/s1. The second-order valence-electron chi connectivity index (χ2n) is 9.79. The van der Waals surface area contributed by atoms with E-state index >= 15 is 0 Å². The molecule has 32 heavy (non-hydrogen) atoms. The molecule has 1 aromatic carbocycles. The van der Waals surface area contributed by atoms with Gasteiger partial charge < -0.3 is 10.2 Å². The van der Waals surface area contributed by atoms with Crippen molar-refractivity contribution < 1.29 is 9.59 Å². The first-order chi connectivity index (χ1) is 15.2. The van der Waals surface area contributed by atoms with E-state index in [1.54, 1.807) is 12.4 Å². The Morgan fingerprint density at radius 3 is 2.41 bits per heavy atom. The number of carbonyl (C=O) groups excluding carboxylic acids is 2. The Labute approximate surface area is 196 Å². The van der Waals surface area contributed by atoms with Crippen LogP contribution in [0.3, 0.4) is 0 Å². The molecule has 1 saturated heterocycles. The Kier molecular flexibility index (Phi) is 7.94. The third-order valence-electron chi connectivity index (χ3n) is 6.45. The number of carbonyl (C=O) groups is 2. The summed E-state index contributed by atoms with van der Waals surface area (Å²) in [5, 5.41) is 3.73. The molecule has 0 radical (unpaired) electrons. The molecule has 1 unspecified atom stereocenters. The van der Waals surface area contributed by atoms with Gasteiger partial charge in [0.05, 0.1) is 0 Å². The summed E-state index contributed by atoms with van der Waals surface area (Å²) in [6, 6.07) is 11.3. The minimum atomic E-state index is -0.511. The molecular weight excluding hydrogens is 422 g/mol. The van der Waals surface area contributed by atoms with E-state index in [4.69, 9.17) is 11.6 Å². The van der Waals surface area contributed by atoms with Crippen LogP contribution in [-0.2, 0) is 16.0 Å². The number of likely N-dealkylation sites (tertiary alicyclic amines) is 1. The Hall–Kier alpha value is -2.40. The van der Waals surface area contributed by atoms with Gasteiger partial charge in [-0.2, -0.15) is 0 Å². The average molecular weight is 456 g/mol. The van der Waals surface area contributed by atoms with Crippen molar-refractivity contribution in [3.8, 4) is 0 Å². The number of hydrogen-bond acceptors (Lipinski definition) is 3. The molecule has 1 aliphatic rings. The molecule has 1 N–H and O–H groups in total. The van der Waals surface area contributed by atoms with Crippen LogP contribution in [0.25, 0.3) is 0 Å². The van der Waals surface area contributed by atoms with Crippen LogP contribution in [0.15, 0.2) is 48.8 Å². The fourth-order valence-electron chi connectivity index (χ4n) is 4.62. The molecule has 0 bridgehead atoms. The van der Waals surface area contributed by atoms with Crippen LogP contribution in [0.1, 0.15) is 57.6 Å². The number of nitrogens with one attached hydrogen (secondary N) is 1. The first-order valence-electron chi connectivity index (χ1n) is 11.4. The van der Waals surface area contributed by atoms with Gasteiger partial charge in [0.25, 0.3) is 0 Å². The highest BCUT2D eigenvalue weighted by Crippen LogP contribution is 2.42. The Morgan fingerprint density at radius 2 is 1.81 bits per heavy atom. The molecule has 1 aromatic heterocycles. The van der Waals surface area contributed by atoms with Gasteiger partial charge in [0, 0.05) is 36.9 Å². The highest BCUT2D eigenvalue weighted by Gasteiger charge is 2.40. The van der Waals surface area contributed by atoms with Crippen LogP contribution in [0.4, 0.5) is 0 Å². The topological polar surface area (TPSA) is 62.3 Å². The van der Waals surface area contributed by atoms with Crippen LogP contribution in [0, 0.1) is 11.3 Å². The zero-order valence-corrected chi connectivity index (χ0v) is 20.2. The van der Waals surface area contributed by atoms with Crippen molar-refractivity contribution in [1.29, 1.82) is 0 Å². The van der Waals surface area contributed by atoms with E-state index in [-0.39, 0.29) is 23.1 Å². The van der Waals surface area contributed by atoms with Crippen molar-refractivity contribution in [2.45, 2.75) is 58.9 Å². The Morgan fingerprint density at radius 1 is 1.16 bits per heavy atom. The molecule has 2 amide bonds. The van der Waals surface area contributed by atoms with Crippen molar-refractivity contribution in [3.05, 3.63) is 64.9 Å². The summed E-state index contributed by atoms with van der Waals surface area (Å²) in [7, 11) is 0. The maximum absolute atomic E-state index is 13.4. The van der Waals surface area contributed by atoms with Crippen molar-refractivity contribution in [1.82, 2.24) is 15.2 Å². The SMILES string of the molecule is CC(C)[C@@H](NC(=O)CCc1ccncc1)C(=O)N1CCC(c2ccc(Cl)cc2)C(C)(C)C1. The Bertz CT molecular complexity index is 912. The normalized spacial score (nSPS) is 18.9. The first-order valence-corrected chi connectivity index (χ1v) is 11.8. The zero-order chi connectivity index (χ0) is 23.3. The molecule has 2 atom stereocenters. The van der Waals surface area contributed by atoms with Gasteiger partial charge in [-0.25, -0.2) is 0 Å². The van der Waals surface area contributed by atoms with Gasteiger partial charge in [-0.3, -0.25) is 14.6 Å². The summed E-state index contributed by atoms with van der Waals surface area (Å²) in [4.78, 5) is 31.9. The maximum atomic E-state index is 13.4. The second kappa shape index (κ2) is 10.5. The van der Waals surface area contributed by atoms with E-state index in [0.29, 0.717) is 31.8 Å². The van der Waals surface area contributed by atoms with E-state index < -0.39 is 6.04 Å². The number of hydrogen-bond donors (Lipinski definition) is 1. The molecule has 0 aliphatic carbocycles. The molecule has 1 fully saturated rings. The molecule has 0 saturated carbocycles. The number of aryl methyl sites for hydroxylation is 1.